The van der Waals surface area contributed by atoms with Crippen LogP contribution in [0.3, 0.4) is 0 Å². The fourth-order valence-electron chi connectivity index (χ4n) is 1.65. The Morgan fingerprint density at radius 2 is 2.33 bits per heavy atom. The van der Waals surface area contributed by atoms with Gasteiger partial charge in [0.05, 0.1) is 11.4 Å². The number of carbonyl (C=O) groups excluding carboxylic acids is 1. The second-order valence-corrected chi connectivity index (χ2v) is 5.84. The molecule has 2 rings (SSSR count). The Morgan fingerprint density at radius 1 is 1.56 bits per heavy atom. The Morgan fingerprint density at radius 3 is 3.00 bits per heavy atom. The van der Waals surface area contributed by atoms with Gasteiger partial charge in [0.15, 0.2) is 0 Å². The van der Waals surface area contributed by atoms with Crippen LogP contribution in [0.25, 0.3) is 0 Å². The van der Waals surface area contributed by atoms with E-state index in [2.05, 4.69) is 10.3 Å². The summed E-state index contributed by atoms with van der Waals surface area (Å²) in [4.78, 5) is 15.6. The molecule has 0 radical (unpaired) electrons. The Kier molecular flexibility index (Phi) is 4.43. The third-order valence-corrected chi connectivity index (χ3v) is 3.95. The Hall–Kier alpha value is -1.27. The van der Waals surface area contributed by atoms with E-state index < -0.39 is 10.8 Å². The molecule has 0 spiro atoms. The normalized spacial score (nSPS) is 16.3. The van der Waals surface area contributed by atoms with Crippen LogP contribution < -0.4 is 11.1 Å². The van der Waals surface area contributed by atoms with Crippen LogP contribution in [-0.2, 0) is 27.9 Å². The summed E-state index contributed by atoms with van der Waals surface area (Å²) in [6.45, 7) is 0.321. The van der Waals surface area contributed by atoms with E-state index in [4.69, 9.17) is 5.73 Å². The van der Waals surface area contributed by atoms with Crippen molar-refractivity contribution in [2.24, 2.45) is 5.73 Å². The zero-order valence-corrected chi connectivity index (χ0v) is 10.9. The molecule has 5 nitrogen and oxygen atoms in total. The van der Waals surface area contributed by atoms with Gasteiger partial charge in [-0.3, -0.25) is 14.0 Å². The summed E-state index contributed by atoms with van der Waals surface area (Å²) in [5.41, 5.74) is 7.16. The third kappa shape index (κ3) is 3.89. The number of rotatable bonds is 6. The molecule has 98 valence electrons. The molecule has 1 aliphatic rings. The van der Waals surface area contributed by atoms with E-state index in [0.717, 1.165) is 24.1 Å². The monoisotopic (exact) mass is 267 g/mol. The molecule has 0 bridgehead atoms. The SMILES string of the molecule is NCc1ncccc1CS(=O)CC(=O)NC1CC1. The summed E-state index contributed by atoms with van der Waals surface area (Å²) in [5, 5.41) is 2.83. The number of hydrogen-bond acceptors (Lipinski definition) is 4. The lowest BCUT2D eigenvalue weighted by Crippen LogP contribution is -2.30. The summed E-state index contributed by atoms with van der Waals surface area (Å²) in [7, 11) is -1.21. The lowest BCUT2D eigenvalue weighted by atomic mass is 10.2. The molecule has 0 aromatic carbocycles. The minimum absolute atomic E-state index is 0.0510. The molecule has 1 atom stereocenters. The predicted molar refractivity (Wildman–Crippen MR) is 70.0 cm³/mol. The van der Waals surface area contributed by atoms with Gasteiger partial charge in [0.1, 0.15) is 5.75 Å². The van der Waals surface area contributed by atoms with E-state index >= 15 is 0 Å². The van der Waals surface area contributed by atoms with Crippen molar-refractivity contribution in [3.63, 3.8) is 0 Å². The first-order valence-electron chi connectivity index (χ1n) is 5.96. The van der Waals surface area contributed by atoms with Crippen molar-refractivity contribution in [2.45, 2.75) is 31.2 Å². The fraction of sp³-hybridized carbons (Fsp3) is 0.500. The number of hydrogen-bond donors (Lipinski definition) is 2. The van der Waals surface area contributed by atoms with E-state index in [1.54, 1.807) is 12.3 Å². The minimum atomic E-state index is -1.21. The van der Waals surface area contributed by atoms with Crippen LogP contribution in [0.15, 0.2) is 18.3 Å². The molecule has 0 aliphatic heterocycles. The molecular formula is C12H17N3O2S. The van der Waals surface area contributed by atoms with Crippen LogP contribution in [-0.4, -0.2) is 26.9 Å². The van der Waals surface area contributed by atoms with Gasteiger partial charge in [0.25, 0.3) is 0 Å². The smallest absolute Gasteiger partial charge is 0.232 e. The van der Waals surface area contributed by atoms with Crippen LogP contribution in [0.4, 0.5) is 0 Å². The van der Waals surface area contributed by atoms with Gasteiger partial charge in [-0.05, 0) is 24.5 Å². The largest absolute Gasteiger partial charge is 0.353 e. The fourth-order valence-corrected chi connectivity index (χ4v) is 2.74. The topological polar surface area (TPSA) is 85.1 Å². The highest BCUT2D eigenvalue weighted by Gasteiger charge is 2.23. The maximum Gasteiger partial charge on any atom is 0.232 e. The summed E-state index contributed by atoms with van der Waals surface area (Å²) in [5.74, 6) is 0.252. The lowest BCUT2D eigenvalue weighted by Gasteiger charge is -2.07. The highest BCUT2D eigenvalue weighted by molar-refractivity contribution is 7.84. The molecule has 3 N–H and O–H groups in total. The first-order chi connectivity index (χ1) is 8.69. The highest BCUT2D eigenvalue weighted by atomic mass is 32.2. The standard InChI is InChI=1S/C12H17N3O2S/c13-6-11-9(2-1-5-14-11)7-18(17)8-12(16)15-10-3-4-10/h1-2,5,10H,3-4,6-8,13H2,(H,15,16). The molecule has 1 aromatic rings. The number of amides is 1. The summed E-state index contributed by atoms with van der Waals surface area (Å²) in [6, 6.07) is 3.95. The average molecular weight is 267 g/mol. The zero-order chi connectivity index (χ0) is 13.0. The Bertz CT molecular complexity index is 460. The number of aromatic nitrogens is 1. The van der Waals surface area contributed by atoms with E-state index in [1.165, 1.54) is 0 Å². The summed E-state index contributed by atoms with van der Waals surface area (Å²) in [6.07, 6.45) is 3.74. The number of nitrogens with zero attached hydrogens (tertiary/aromatic N) is 1. The minimum Gasteiger partial charge on any atom is -0.353 e. The molecular weight excluding hydrogens is 250 g/mol. The molecule has 1 fully saturated rings. The van der Waals surface area contributed by atoms with Crippen LogP contribution >= 0.6 is 0 Å². The second kappa shape index (κ2) is 6.06. The number of nitrogens with two attached hydrogens (primary N) is 1. The van der Waals surface area contributed by atoms with Gasteiger partial charge in [-0.15, -0.1) is 0 Å². The van der Waals surface area contributed by atoms with Gasteiger partial charge in [0, 0.05) is 29.6 Å². The van der Waals surface area contributed by atoms with Gasteiger partial charge in [0.2, 0.25) is 5.91 Å². The van der Waals surface area contributed by atoms with Gasteiger partial charge in [-0.1, -0.05) is 6.07 Å². The first-order valence-corrected chi connectivity index (χ1v) is 7.45. The van der Waals surface area contributed by atoms with Crippen LogP contribution in [0, 0.1) is 0 Å². The molecule has 6 heteroatoms. The van der Waals surface area contributed by atoms with Crippen molar-refractivity contribution in [1.29, 1.82) is 0 Å². The summed E-state index contributed by atoms with van der Waals surface area (Å²) >= 11 is 0. The van der Waals surface area contributed by atoms with Crippen LogP contribution in [0.1, 0.15) is 24.1 Å². The van der Waals surface area contributed by atoms with Crippen molar-refractivity contribution in [1.82, 2.24) is 10.3 Å². The van der Waals surface area contributed by atoms with Crippen molar-refractivity contribution >= 4 is 16.7 Å². The predicted octanol–water partition coefficient (Wildman–Crippen LogP) is 0.0676. The van der Waals surface area contributed by atoms with Gasteiger partial charge >= 0.3 is 0 Å². The van der Waals surface area contributed by atoms with E-state index in [9.17, 15) is 9.00 Å². The van der Waals surface area contributed by atoms with E-state index in [0.29, 0.717) is 18.3 Å². The van der Waals surface area contributed by atoms with Gasteiger partial charge in [-0.25, -0.2) is 0 Å². The van der Waals surface area contributed by atoms with Crippen molar-refractivity contribution < 1.29 is 9.00 Å². The Labute approximate surface area is 109 Å². The quantitative estimate of drug-likeness (QED) is 0.763. The molecule has 1 saturated carbocycles. The number of carbonyl (C=O) groups is 1. The zero-order valence-electron chi connectivity index (χ0n) is 10.1. The maximum absolute atomic E-state index is 11.9. The molecule has 1 heterocycles. The molecule has 1 aliphatic carbocycles. The Balaban J connectivity index is 1.87. The molecule has 1 unspecified atom stereocenters. The highest BCUT2D eigenvalue weighted by Crippen LogP contribution is 2.18. The summed E-state index contributed by atoms with van der Waals surface area (Å²) < 4.78 is 11.9. The van der Waals surface area contributed by atoms with E-state index in [-0.39, 0.29) is 11.7 Å². The van der Waals surface area contributed by atoms with Crippen LogP contribution in [0.5, 0.6) is 0 Å². The van der Waals surface area contributed by atoms with Gasteiger partial charge in [-0.2, -0.15) is 0 Å². The molecule has 1 amide bonds. The molecule has 1 aromatic heterocycles. The molecule has 18 heavy (non-hydrogen) atoms. The van der Waals surface area contributed by atoms with Crippen LogP contribution in [0.2, 0.25) is 0 Å². The van der Waals surface area contributed by atoms with Crippen molar-refractivity contribution in [3.05, 3.63) is 29.6 Å². The lowest BCUT2D eigenvalue weighted by molar-refractivity contribution is -0.118. The van der Waals surface area contributed by atoms with Crippen molar-refractivity contribution in [2.75, 3.05) is 5.75 Å². The van der Waals surface area contributed by atoms with E-state index in [1.807, 2.05) is 6.07 Å². The second-order valence-electron chi connectivity index (χ2n) is 4.38. The van der Waals surface area contributed by atoms with Gasteiger partial charge < -0.3 is 11.1 Å². The average Bonchev–Trinajstić information content (AvgIpc) is 3.13. The third-order valence-electron chi connectivity index (χ3n) is 2.73. The van der Waals surface area contributed by atoms with Crippen molar-refractivity contribution in [3.8, 4) is 0 Å². The number of pyridine rings is 1. The number of nitrogens with one attached hydrogen (secondary N) is 1. The first kappa shape index (κ1) is 13.2. The molecule has 0 saturated heterocycles. The maximum atomic E-state index is 11.9.